The lowest BCUT2D eigenvalue weighted by atomic mass is 9.93. The largest absolute Gasteiger partial charge is 0.140 e. The predicted octanol–water partition coefficient (Wildman–Crippen LogP) is 1.32. The van der Waals surface area contributed by atoms with Crippen molar-refractivity contribution >= 4 is 29.2 Å². The van der Waals surface area contributed by atoms with Crippen molar-refractivity contribution in [2.24, 2.45) is 0 Å². The van der Waals surface area contributed by atoms with E-state index in [-0.39, 0.29) is 0 Å². The molecule has 1 aromatic carbocycles. The van der Waals surface area contributed by atoms with Gasteiger partial charge in [0.15, 0.2) is 0 Å². The summed E-state index contributed by atoms with van der Waals surface area (Å²) in [5.74, 6) is 0. The molecule has 0 saturated heterocycles. The zero-order chi connectivity index (χ0) is 7.72. The molecule has 0 fully saturated rings. The van der Waals surface area contributed by atoms with Gasteiger partial charge in [-0.1, -0.05) is 27.5 Å². The van der Waals surface area contributed by atoms with Crippen molar-refractivity contribution in [1.82, 2.24) is 0 Å². The Morgan fingerprint density at radius 2 is 1.70 bits per heavy atom. The first-order chi connectivity index (χ1) is 4.61. The summed E-state index contributed by atoms with van der Waals surface area (Å²) in [6.07, 6.45) is 0. The topological polar surface area (TPSA) is 0 Å². The van der Waals surface area contributed by atoms with Crippen molar-refractivity contribution in [2.45, 2.75) is 13.8 Å². The van der Waals surface area contributed by atoms with E-state index >= 15 is 0 Å². The zero-order valence-corrected chi connectivity index (χ0v) is 8.12. The van der Waals surface area contributed by atoms with E-state index in [4.69, 9.17) is 0 Å². The molecule has 0 saturated carbocycles. The summed E-state index contributed by atoms with van der Waals surface area (Å²) in [4.78, 5) is 0. The minimum absolute atomic E-state index is 1.20. The van der Waals surface area contributed by atoms with E-state index in [1.807, 2.05) is 0 Å². The fraction of sp³-hybridized carbons (Fsp3) is 0.250. The second kappa shape index (κ2) is 2.79. The van der Waals surface area contributed by atoms with Crippen LogP contribution < -0.4 is 5.46 Å². The quantitative estimate of drug-likeness (QED) is 0.550. The third-order valence-corrected chi connectivity index (χ3v) is 2.63. The Bertz CT molecular complexity index is 205. The van der Waals surface area contributed by atoms with E-state index in [9.17, 15) is 0 Å². The monoisotopic (exact) mass is 196 g/mol. The molecule has 0 nitrogen and oxygen atoms in total. The molecular formula is C8H10BBr. The first kappa shape index (κ1) is 7.87. The maximum Gasteiger partial charge on any atom is 0.140 e. The summed E-state index contributed by atoms with van der Waals surface area (Å²) >= 11 is 3.48. The van der Waals surface area contributed by atoms with Crippen molar-refractivity contribution in [3.63, 3.8) is 0 Å². The second-order valence-corrected chi connectivity index (χ2v) is 3.54. The number of rotatable bonds is 0. The van der Waals surface area contributed by atoms with Gasteiger partial charge in [0.05, 0.1) is 0 Å². The molecule has 0 aromatic heterocycles. The molecule has 10 heavy (non-hydrogen) atoms. The predicted molar refractivity (Wildman–Crippen MR) is 51.8 cm³/mol. The molecule has 1 rings (SSSR count). The van der Waals surface area contributed by atoms with E-state index in [2.05, 4.69) is 49.8 Å². The summed E-state index contributed by atoms with van der Waals surface area (Å²) in [5, 5.41) is 0. The third kappa shape index (κ3) is 1.43. The van der Waals surface area contributed by atoms with Crippen LogP contribution in [0.1, 0.15) is 11.1 Å². The van der Waals surface area contributed by atoms with Crippen molar-refractivity contribution in [3.05, 3.63) is 27.7 Å². The summed E-state index contributed by atoms with van der Waals surface area (Å²) < 4.78 is 1.20. The first-order valence-electron chi connectivity index (χ1n) is 3.34. The smallest absolute Gasteiger partial charge is 0.0748 e. The van der Waals surface area contributed by atoms with E-state index in [1.54, 1.807) is 0 Å². The normalized spacial score (nSPS) is 9.90. The first-order valence-corrected chi connectivity index (χ1v) is 4.14. The number of hydrogen-bond donors (Lipinski definition) is 0. The van der Waals surface area contributed by atoms with Gasteiger partial charge >= 0.3 is 0 Å². The lowest BCUT2D eigenvalue weighted by Crippen LogP contribution is -2.05. The van der Waals surface area contributed by atoms with E-state index < -0.39 is 0 Å². The van der Waals surface area contributed by atoms with Gasteiger partial charge in [0.1, 0.15) is 7.85 Å². The molecule has 0 spiro atoms. The minimum Gasteiger partial charge on any atom is -0.0748 e. The molecule has 0 amide bonds. The third-order valence-electron chi connectivity index (χ3n) is 1.77. The van der Waals surface area contributed by atoms with Crippen LogP contribution in [0, 0.1) is 13.8 Å². The second-order valence-electron chi connectivity index (χ2n) is 2.69. The van der Waals surface area contributed by atoms with Gasteiger partial charge in [-0.3, -0.25) is 0 Å². The molecule has 52 valence electrons. The highest BCUT2D eigenvalue weighted by Crippen LogP contribution is 2.11. The molecule has 0 radical (unpaired) electrons. The van der Waals surface area contributed by atoms with E-state index in [1.165, 1.54) is 21.1 Å². The lowest BCUT2D eigenvalue weighted by Gasteiger charge is -2.03. The van der Waals surface area contributed by atoms with Crippen molar-refractivity contribution in [1.29, 1.82) is 0 Å². The molecule has 0 aliphatic rings. The zero-order valence-electron chi connectivity index (χ0n) is 6.53. The average molecular weight is 197 g/mol. The van der Waals surface area contributed by atoms with Crippen LogP contribution in [-0.4, -0.2) is 7.85 Å². The molecule has 2 heteroatoms. The van der Waals surface area contributed by atoms with Crippen LogP contribution in [0.15, 0.2) is 16.6 Å². The minimum atomic E-state index is 1.20. The Balaban J connectivity index is 3.28. The number of hydrogen-bond acceptors (Lipinski definition) is 0. The van der Waals surface area contributed by atoms with Crippen molar-refractivity contribution in [2.75, 3.05) is 0 Å². The van der Waals surface area contributed by atoms with E-state index in [0.717, 1.165) is 0 Å². The highest BCUT2D eigenvalue weighted by atomic mass is 79.9. The highest BCUT2D eigenvalue weighted by Gasteiger charge is 1.96. The standard InChI is InChI=1S/C8H10BBr/c1-5-3-7(9)8(10)4-6(5)2/h3-4H,9H2,1-2H3. The number of aryl methyl sites for hydroxylation is 2. The van der Waals surface area contributed by atoms with Gasteiger partial charge in [-0.25, -0.2) is 0 Å². The maximum atomic E-state index is 3.48. The highest BCUT2D eigenvalue weighted by molar-refractivity contribution is 9.10. The summed E-state index contributed by atoms with van der Waals surface area (Å²) in [6, 6.07) is 4.35. The van der Waals surface area contributed by atoms with Gasteiger partial charge in [0, 0.05) is 4.47 Å². The average Bonchev–Trinajstić information content (AvgIpc) is 1.84. The molecular weight excluding hydrogens is 187 g/mol. The maximum absolute atomic E-state index is 3.48. The van der Waals surface area contributed by atoms with Gasteiger partial charge in [-0.05, 0) is 31.0 Å². The Morgan fingerprint density at radius 1 is 1.20 bits per heavy atom. The van der Waals surface area contributed by atoms with Crippen LogP contribution in [0.3, 0.4) is 0 Å². The SMILES string of the molecule is Bc1cc(C)c(C)cc1Br. The fourth-order valence-electron chi connectivity index (χ4n) is 0.925. The molecule has 0 heterocycles. The van der Waals surface area contributed by atoms with Crippen LogP contribution in [0.2, 0.25) is 0 Å². The van der Waals surface area contributed by atoms with Crippen LogP contribution in [0.25, 0.3) is 0 Å². The summed E-state index contributed by atoms with van der Waals surface area (Å²) in [5.41, 5.74) is 4.02. The van der Waals surface area contributed by atoms with Gasteiger partial charge < -0.3 is 0 Å². The molecule has 0 atom stereocenters. The van der Waals surface area contributed by atoms with Crippen molar-refractivity contribution < 1.29 is 0 Å². The van der Waals surface area contributed by atoms with Crippen LogP contribution in [0.5, 0.6) is 0 Å². The summed E-state index contributed by atoms with van der Waals surface area (Å²) in [6.45, 7) is 4.26. The lowest BCUT2D eigenvalue weighted by molar-refractivity contribution is 1.34. The Kier molecular flexibility index (Phi) is 2.19. The molecule has 0 aliphatic carbocycles. The number of benzene rings is 1. The molecule has 0 aliphatic heterocycles. The van der Waals surface area contributed by atoms with Gasteiger partial charge in [0.2, 0.25) is 0 Å². The molecule has 0 unspecified atom stereocenters. The Labute approximate surface area is 71.2 Å². The van der Waals surface area contributed by atoms with Crippen LogP contribution >= 0.6 is 15.9 Å². The van der Waals surface area contributed by atoms with Crippen LogP contribution in [-0.2, 0) is 0 Å². The van der Waals surface area contributed by atoms with Gasteiger partial charge in [-0.15, -0.1) is 0 Å². The molecule has 0 N–H and O–H groups in total. The van der Waals surface area contributed by atoms with Crippen LogP contribution in [0.4, 0.5) is 0 Å². The summed E-state index contributed by atoms with van der Waals surface area (Å²) in [7, 11) is 2.11. The van der Waals surface area contributed by atoms with Gasteiger partial charge in [-0.2, -0.15) is 0 Å². The molecule has 1 aromatic rings. The number of halogens is 1. The fourth-order valence-corrected chi connectivity index (χ4v) is 1.38. The Morgan fingerprint density at radius 3 is 2.20 bits per heavy atom. The molecule has 0 bridgehead atoms. The van der Waals surface area contributed by atoms with E-state index in [0.29, 0.717) is 0 Å². The van der Waals surface area contributed by atoms with Crippen molar-refractivity contribution in [3.8, 4) is 0 Å². The van der Waals surface area contributed by atoms with Gasteiger partial charge in [0.25, 0.3) is 0 Å². The Hall–Kier alpha value is -0.235.